The van der Waals surface area contributed by atoms with E-state index < -0.39 is 53.1 Å². The summed E-state index contributed by atoms with van der Waals surface area (Å²) in [4.78, 5) is 73.8. The molecule has 3 aromatic rings. The van der Waals surface area contributed by atoms with Gasteiger partial charge in [0.25, 0.3) is 0 Å². The van der Waals surface area contributed by atoms with Crippen molar-refractivity contribution in [2.45, 2.75) is 96.0 Å². The summed E-state index contributed by atoms with van der Waals surface area (Å²) in [6.07, 6.45) is 3.67. The number of hydrogen-bond acceptors (Lipinski definition) is 6. The summed E-state index contributed by atoms with van der Waals surface area (Å²) >= 11 is 0. The maximum absolute atomic E-state index is 13.8. The smallest absolute Gasteiger partial charge is 0.410 e. The number of carbonyl (C=O) groups excluding carboxylic acids is 5. The Morgan fingerprint density at radius 1 is 0.875 bits per heavy atom. The molecule has 0 spiro atoms. The fourth-order valence-corrected chi connectivity index (χ4v) is 6.32. The number of carbonyl (C=O) groups is 5. The molecule has 0 saturated carbocycles. The highest BCUT2D eigenvalue weighted by Gasteiger charge is 2.44. The van der Waals surface area contributed by atoms with Gasteiger partial charge in [0.05, 0.1) is 0 Å². The molecule has 2 fully saturated rings. The highest BCUT2D eigenvalue weighted by molar-refractivity contribution is 6.00. The SMILES string of the molecule is CC(C)(C)OC(=O)N1CCC[C@H]1C(=O)N1CCC[C@H]1C(=O)NC(C)(C)C(=O)N[C@@H](Cc1c[nH]c2ccccc12)C(=O)Nc1ccccc1. The van der Waals surface area contributed by atoms with Gasteiger partial charge in [-0.25, -0.2) is 4.79 Å². The van der Waals surface area contributed by atoms with E-state index >= 15 is 0 Å². The number of nitrogens with zero attached hydrogens (tertiary/aromatic N) is 2. The van der Waals surface area contributed by atoms with Gasteiger partial charge in [-0.1, -0.05) is 36.4 Å². The number of amides is 5. The van der Waals surface area contributed by atoms with E-state index in [9.17, 15) is 24.0 Å². The van der Waals surface area contributed by atoms with Gasteiger partial charge in [-0.3, -0.25) is 24.1 Å². The van der Waals surface area contributed by atoms with Crippen LogP contribution in [0.1, 0.15) is 65.9 Å². The van der Waals surface area contributed by atoms with Crippen LogP contribution in [0.5, 0.6) is 0 Å². The molecule has 12 nitrogen and oxygen atoms in total. The van der Waals surface area contributed by atoms with E-state index in [1.807, 2.05) is 36.5 Å². The Morgan fingerprint density at radius 3 is 2.23 bits per heavy atom. The molecule has 1 aromatic heterocycles. The molecular formula is C36H46N6O6. The van der Waals surface area contributed by atoms with Crippen LogP contribution < -0.4 is 16.0 Å². The molecule has 5 rings (SSSR count). The molecule has 0 unspecified atom stereocenters. The zero-order valence-corrected chi connectivity index (χ0v) is 28.3. The zero-order valence-electron chi connectivity index (χ0n) is 28.3. The lowest BCUT2D eigenvalue weighted by Gasteiger charge is -2.34. The van der Waals surface area contributed by atoms with Crippen molar-refractivity contribution in [1.82, 2.24) is 25.4 Å². The van der Waals surface area contributed by atoms with Crippen molar-refractivity contribution in [3.8, 4) is 0 Å². The fourth-order valence-electron chi connectivity index (χ4n) is 6.32. The summed E-state index contributed by atoms with van der Waals surface area (Å²) < 4.78 is 5.53. The first-order chi connectivity index (χ1) is 22.7. The average molecular weight is 659 g/mol. The molecule has 2 aliphatic heterocycles. The van der Waals surface area contributed by atoms with Gasteiger partial charge in [-0.2, -0.15) is 0 Å². The number of anilines is 1. The standard InChI is InChI=1S/C36H46N6O6/c1-35(2,3)48-34(47)42-20-12-18-29(42)32(45)41-19-11-17-28(41)31(44)40-36(4,5)33(46)39-27(30(43)38-24-13-7-6-8-14-24)21-23-22-37-26-16-10-9-15-25(23)26/h6-10,13-16,22,27-29,37H,11-12,17-21H2,1-5H3,(H,38,43)(H,39,46)(H,40,44)/t27-,28-,29-/m0/s1. The number of aromatic nitrogens is 1. The minimum atomic E-state index is -1.42. The Bertz CT molecular complexity index is 1660. The summed E-state index contributed by atoms with van der Waals surface area (Å²) in [5.74, 6) is -1.72. The number of fused-ring (bicyclic) bond motifs is 1. The van der Waals surface area contributed by atoms with Crippen molar-refractivity contribution in [2.75, 3.05) is 18.4 Å². The van der Waals surface area contributed by atoms with Gasteiger partial charge in [-0.05, 0) is 84.1 Å². The Morgan fingerprint density at radius 2 is 1.52 bits per heavy atom. The highest BCUT2D eigenvalue weighted by atomic mass is 16.6. The number of H-pyrrole nitrogens is 1. The summed E-state index contributed by atoms with van der Waals surface area (Å²) in [7, 11) is 0. The van der Waals surface area contributed by atoms with Crippen LogP contribution in [0.15, 0.2) is 60.8 Å². The predicted octanol–water partition coefficient (Wildman–Crippen LogP) is 4.12. The molecule has 0 aliphatic carbocycles. The van der Waals surface area contributed by atoms with Crippen LogP contribution in [0.25, 0.3) is 10.9 Å². The Kier molecular flexibility index (Phi) is 10.1. The lowest BCUT2D eigenvalue weighted by molar-refractivity contribution is -0.143. The molecule has 2 aromatic carbocycles. The fraction of sp³-hybridized carbons (Fsp3) is 0.472. The van der Waals surface area contributed by atoms with Crippen molar-refractivity contribution in [3.05, 3.63) is 66.4 Å². The van der Waals surface area contributed by atoms with Gasteiger partial charge >= 0.3 is 6.09 Å². The monoisotopic (exact) mass is 658 g/mol. The topological polar surface area (TPSA) is 153 Å². The summed E-state index contributed by atoms with van der Waals surface area (Å²) in [5, 5.41) is 9.53. The van der Waals surface area contributed by atoms with Gasteiger partial charge in [-0.15, -0.1) is 0 Å². The molecule has 256 valence electrons. The lowest BCUT2D eigenvalue weighted by Crippen LogP contribution is -2.61. The summed E-state index contributed by atoms with van der Waals surface area (Å²) in [6.45, 7) is 9.24. The lowest BCUT2D eigenvalue weighted by atomic mass is 9.99. The molecular weight excluding hydrogens is 612 g/mol. The third-order valence-electron chi connectivity index (χ3n) is 8.77. The minimum absolute atomic E-state index is 0.207. The molecule has 2 aliphatic rings. The van der Waals surface area contributed by atoms with Crippen LogP contribution >= 0.6 is 0 Å². The third kappa shape index (κ3) is 7.98. The molecule has 5 amide bonds. The molecule has 2 saturated heterocycles. The molecule has 0 radical (unpaired) electrons. The van der Waals surface area contributed by atoms with Crippen molar-refractivity contribution < 1.29 is 28.7 Å². The minimum Gasteiger partial charge on any atom is -0.444 e. The van der Waals surface area contributed by atoms with Gasteiger partial charge in [0, 0.05) is 42.3 Å². The summed E-state index contributed by atoms with van der Waals surface area (Å²) in [5.41, 5.74) is 0.235. The number of nitrogens with one attached hydrogen (secondary N) is 4. The number of likely N-dealkylation sites (tertiary alicyclic amines) is 2. The first kappa shape index (κ1) is 34.5. The van der Waals surface area contributed by atoms with Crippen molar-refractivity contribution in [3.63, 3.8) is 0 Å². The van der Waals surface area contributed by atoms with E-state index in [4.69, 9.17) is 4.74 Å². The number of benzene rings is 2. The number of hydrogen-bond donors (Lipinski definition) is 4. The first-order valence-electron chi connectivity index (χ1n) is 16.6. The molecule has 3 heterocycles. The van der Waals surface area contributed by atoms with E-state index in [1.54, 1.807) is 58.9 Å². The zero-order chi connectivity index (χ0) is 34.6. The number of para-hydroxylation sites is 2. The van der Waals surface area contributed by atoms with Crippen LogP contribution in [-0.2, 0) is 30.3 Å². The van der Waals surface area contributed by atoms with E-state index in [-0.39, 0.29) is 12.3 Å². The first-order valence-corrected chi connectivity index (χ1v) is 16.6. The molecule has 0 bridgehead atoms. The van der Waals surface area contributed by atoms with E-state index in [2.05, 4.69) is 20.9 Å². The van der Waals surface area contributed by atoms with Crippen LogP contribution in [0.2, 0.25) is 0 Å². The van der Waals surface area contributed by atoms with E-state index in [0.717, 1.165) is 16.5 Å². The van der Waals surface area contributed by atoms with Gasteiger partial charge < -0.3 is 30.6 Å². The van der Waals surface area contributed by atoms with Crippen LogP contribution in [-0.4, -0.2) is 86.9 Å². The predicted molar refractivity (Wildman–Crippen MR) is 182 cm³/mol. The van der Waals surface area contributed by atoms with Crippen molar-refractivity contribution >= 4 is 46.3 Å². The average Bonchev–Trinajstić information content (AvgIpc) is 3.80. The molecule has 12 heteroatoms. The molecule has 3 atom stereocenters. The summed E-state index contributed by atoms with van der Waals surface area (Å²) in [6, 6.07) is 14.2. The number of aromatic amines is 1. The second-order valence-electron chi connectivity index (χ2n) is 14.1. The third-order valence-corrected chi connectivity index (χ3v) is 8.77. The van der Waals surface area contributed by atoms with Crippen LogP contribution in [0.3, 0.4) is 0 Å². The van der Waals surface area contributed by atoms with E-state index in [1.165, 1.54) is 9.80 Å². The van der Waals surface area contributed by atoms with Crippen molar-refractivity contribution in [2.24, 2.45) is 0 Å². The maximum atomic E-state index is 13.8. The Balaban J connectivity index is 1.27. The Hall–Kier alpha value is -4.87. The van der Waals surface area contributed by atoms with Crippen LogP contribution in [0.4, 0.5) is 10.5 Å². The van der Waals surface area contributed by atoms with Crippen LogP contribution in [0, 0.1) is 0 Å². The Labute approximate surface area is 280 Å². The van der Waals surface area contributed by atoms with Gasteiger partial charge in [0.1, 0.15) is 29.3 Å². The molecule has 4 N–H and O–H groups in total. The second kappa shape index (κ2) is 14.1. The largest absolute Gasteiger partial charge is 0.444 e. The number of rotatable bonds is 9. The normalized spacial score (nSPS) is 18.8. The second-order valence-corrected chi connectivity index (χ2v) is 14.1. The van der Waals surface area contributed by atoms with Gasteiger partial charge in [0.15, 0.2) is 0 Å². The van der Waals surface area contributed by atoms with E-state index in [0.29, 0.717) is 44.5 Å². The molecule has 48 heavy (non-hydrogen) atoms. The number of ether oxygens (including phenoxy) is 1. The van der Waals surface area contributed by atoms with Crippen molar-refractivity contribution in [1.29, 1.82) is 0 Å². The van der Waals surface area contributed by atoms with Gasteiger partial charge in [0.2, 0.25) is 23.6 Å². The maximum Gasteiger partial charge on any atom is 0.410 e. The highest BCUT2D eigenvalue weighted by Crippen LogP contribution is 2.27. The quantitative estimate of drug-likeness (QED) is 0.272.